The normalized spacial score (nSPS) is 15.4. The molecule has 38 heavy (non-hydrogen) atoms. The van der Waals surface area contributed by atoms with E-state index in [0.29, 0.717) is 18.7 Å². The van der Waals surface area contributed by atoms with Crippen LogP contribution in [-0.2, 0) is 11.3 Å². The number of hydrazine groups is 1. The second-order valence-corrected chi connectivity index (χ2v) is 9.74. The minimum Gasteiger partial charge on any atom is -0.334 e. The lowest BCUT2D eigenvalue weighted by Gasteiger charge is -2.33. The van der Waals surface area contributed by atoms with Gasteiger partial charge in [-0.3, -0.25) is 25.4 Å². The van der Waals surface area contributed by atoms with Crippen LogP contribution in [0.3, 0.4) is 0 Å². The number of amides is 4. The first-order valence-corrected chi connectivity index (χ1v) is 12.7. The SMILES string of the molecule is O=C(NNC(=O)C(F)(F)F)c1ccc(CNC(=O)N2CCSC(c3cccc(-c4cccnc4)c3)C2)cc1. The minimum absolute atomic E-state index is 0.0481. The van der Waals surface area contributed by atoms with Crippen molar-refractivity contribution in [2.24, 2.45) is 0 Å². The Bertz CT molecular complexity index is 1290. The summed E-state index contributed by atoms with van der Waals surface area (Å²) >= 11 is 1.80. The number of aromatic nitrogens is 1. The molecule has 0 spiro atoms. The van der Waals surface area contributed by atoms with Gasteiger partial charge in [0.15, 0.2) is 0 Å². The van der Waals surface area contributed by atoms with E-state index in [2.05, 4.69) is 22.4 Å². The van der Waals surface area contributed by atoms with Gasteiger partial charge in [0.2, 0.25) is 0 Å². The number of nitrogens with one attached hydrogen (secondary N) is 3. The number of hydrogen-bond donors (Lipinski definition) is 3. The molecule has 0 saturated carbocycles. The van der Waals surface area contributed by atoms with Crippen LogP contribution in [0.4, 0.5) is 18.0 Å². The molecule has 198 valence electrons. The highest BCUT2D eigenvalue weighted by Crippen LogP contribution is 2.35. The summed E-state index contributed by atoms with van der Waals surface area (Å²) in [6, 6.07) is 17.8. The van der Waals surface area contributed by atoms with E-state index in [1.807, 2.05) is 30.5 Å². The molecule has 1 unspecified atom stereocenters. The summed E-state index contributed by atoms with van der Waals surface area (Å²) in [4.78, 5) is 41.5. The quantitative estimate of drug-likeness (QED) is 0.421. The predicted octanol–water partition coefficient (Wildman–Crippen LogP) is 4.07. The van der Waals surface area contributed by atoms with Crippen molar-refractivity contribution in [3.8, 4) is 11.1 Å². The van der Waals surface area contributed by atoms with Gasteiger partial charge in [-0.15, -0.1) is 0 Å². The van der Waals surface area contributed by atoms with Gasteiger partial charge in [-0.05, 0) is 46.5 Å². The number of alkyl halides is 3. The summed E-state index contributed by atoms with van der Waals surface area (Å²) in [6.45, 7) is 1.37. The maximum atomic E-state index is 12.8. The van der Waals surface area contributed by atoms with Gasteiger partial charge in [0.05, 0.1) is 0 Å². The fraction of sp³-hybridized carbons (Fsp3) is 0.231. The van der Waals surface area contributed by atoms with E-state index in [1.54, 1.807) is 40.4 Å². The molecule has 1 aromatic heterocycles. The van der Waals surface area contributed by atoms with E-state index in [-0.39, 0.29) is 23.4 Å². The molecule has 3 N–H and O–H groups in total. The minimum atomic E-state index is -5.10. The van der Waals surface area contributed by atoms with Crippen molar-refractivity contribution in [3.63, 3.8) is 0 Å². The van der Waals surface area contributed by atoms with Crippen LogP contribution < -0.4 is 16.2 Å². The van der Waals surface area contributed by atoms with Crippen LogP contribution in [-0.4, -0.2) is 52.7 Å². The molecule has 8 nitrogen and oxygen atoms in total. The Hall–Kier alpha value is -4.06. The number of carbonyl (C=O) groups excluding carboxylic acids is 3. The summed E-state index contributed by atoms with van der Waals surface area (Å²) in [5, 5.41) is 3.00. The first-order chi connectivity index (χ1) is 18.2. The number of carbonyl (C=O) groups is 3. The highest BCUT2D eigenvalue weighted by atomic mass is 32.2. The molecular formula is C26H24F3N5O3S. The number of nitrogens with zero attached hydrogens (tertiary/aromatic N) is 2. The van der Waals surface area contributed by atoms with Gasteiger partial charge in [0.1, 0.15) is 0 Å². The fourth-order valence-corrected chi connectivity index (χ4v) is 5.04. The summed E-state index contributed by atoms with van der Waals surface area (Å²) in [7, 11) is 0. The van der Waals surface area contributed by atoms with Gasteiger partial charge < -0.3 is 10.2 Å². The standard InChI is InChI=1S/C26H24F3N5O3S/c27-26(28,29)24(36)33-32-23(35)18-8-6-17(7-9-18)14-31-25(37)34-11-12-38-22(16-34)20-4-1-3-19(13-20)21-5-2-10-30-15-21/h1-10,13,15,22H,11-12,14,16H2,(H,31,37)(H,32,35)(H,33,36). The highest BCUT2D eigenvalue weighted by Gasteiger charge is 2.39. The van der Waals surface area contributed by atoms with Crippen LogP contribution in [0.15, 0.2) is 73.1 Å². The number of rotatable bonds is 5. The number of hydrogen-bond acceptors (Lipinski definition) is 5. The zero-order valence-corrected chi connectivity index (χ0v) is 20.8. The summed E-state index contributed by atoms with van der Waals surface area (Å²) in [6.07, 6.45) is -1.56. The summed E-state index contributed by atoms with van der Waals surface area (Å²) in [5.41, 5.74) is 6.99. The molecule has 0 radical (unpaired) electrons. The fourth-order valence-electron chi connectivity index (χ4n) is 3.81. The average molecular weight is 544 g/mol. The van der Waals surface area contributed by atoms with E-state index in [0.717, 1.165) is 22.4 Å². The zero-order valence-electron chi connectivity index (χ0n) is 20.0. The maximum absolute atomic E-state index is 12.8. The molecule has 0 aliphatic carbocycles. The molecule has 2 heterocycles. The third-order valence-corrected chi connectivity index (χ3v) is 7.06. The molecule has 1 aliphatic heterocycles. The number of thioether (sulfide) groups is 1. The van der Waals surface area contributed by atoms with Crippen molar-refractivity contribution in [1.29, 1.82) is 0 Å². The predicted molar refractivity (Wildman–Crippen MR) is 137 cm³/mol. The lowest BCUT2D eigenvalue weighted by Crippen LogP contribution is -2.47. The highest BCUT2D eigenvalue weighted by molar-refractivity contribution is 7.99. The Morgan fingerprint density at radius 1 is 1.00 bits per heavy atom. The number of pyridine rings is 1. The Morgan fingerprint density at radius 2 is 1.76 bits per heavy atom. The van der Waals surface area contributed by atoms with E-state index in [4.69, 9.17) is 0 Å². The monoisotopic (exact) mass is 543 g/mol. The van der Waals surface area contributed by atoms with Crippen molar-refractivity contribution in [2.45, 2.75) is 18.0 Å². The van der Waals surface area contributed by atoms with Crippen LogP contribution in [0, 0.1) is 0 Å². The summed E-state index contributed by atoms with van der Waals surface area (Å²) in [5.74, 6) is -2.38. The van der Waals surface area contributed by atoms with Gasteiger partial charge in [0, 0.05) is 48.6 Å². The Labute approximate surface area is 221 Å². The van der Waals surface area contributed by atoms with Crippen molar-refractivity contribution in [3.05, 3.63) is 89.7 Å². The van der Waals surface area contributed by atoms with Gasteiger partial charge >= 0.3 is 18.1 Å². The second-order valence-electron chi connectivity index (χ2n) is 8.43. The van der Waals surface area contributed by atoms with Crippen molar-refractivity contribution < 1.29 is 27.6 Å². The Kier molecular flexibility index (Phi) is 8.52. The zero-order chi connectivity index (χ0) is 27.1. The van der Waals surface area contributed by atoms with Crippen molar-refractivity contribution in [2.75, 3.05) is 18.8 Å². The third-order valence-electron chi connectivity index (χ3n) is 5.81. The number of benzene rings is 2. The Morgan fingerprint density at radius 3 is 2.47 bits per heavy atom. The van der Waals surface area contributed by atoms with Gasteiger partial charge in [0.25, 0.3) is 5.91 Å². The van der Waals surface area contributed by atoms with Crippen LogP contribution >= 0.6 is 11.8 Å². The number of halogens is 3. The molecule has 4 amide bonds. The summed E-state index contributed by atoms with van der Waals surface area (Å²) < 4.78 is 36.7. The molecule has 1 aliphatic rings. The van der Waals surface area contributed by atoms with Gasteiger partial charge in [-0.1, -0.05) is 36.4 Å². The number of urea groups is 1. The Balaban J connectivity index is 1.29. The molecule has 2 aromatic carbocycles. The molecule has 3 aromatic rings. The topological polar surface area (TPSA) is 103 Å². The second kappa shape index (κ2) is 12.0. The largest absolute Gasteiger partial charge is 0.472 e. The van der Waals surface area contributed by atoms with E-state index < -0.39 is 18.0 Å². The molecular weight excluding hydrogens is 519 g/mol. The van der Waals surface area contributed by atoms with E-state index >= 15 is 0 Å². The van der Waals surface area contributed by atoms with Crippen LogP contribution in [0.1, 0.15) is 26.7 Å². The first kappa shape index (κ1) is 27.0. The first-order valence-electron chi connectivity index (χ1n) is 11.6. The smallest absolute Gasteiger partial charge is 0.334 e. The molecule has 1 saturated heterocycles. The van der Waals surface area contributed by atoms with E-state index in [1.165, 1.54) is 17.6 Å². The lowest BCUT2D eigenvalue weighted by molar-refractivity contribution is -0.174. The van der Waals surface area contributed by atoms with Crippen LogP contribution in [0.2, 0.25) is 0 Å². The molecule has 4 rings (SSSR count). The lowest BCUT2D eigenvalue weighted by atomic mass is 10.0. The molecule has 12 heteroatoms. The van der Waals surface area contributed by atoms with Gasteiger partial charge in [-0.2, -0.15) is 24.9 Å². The van der Waals surface area contributed by atoms with Crippen molar-refractivity contribution >= 4 is 29.6 Å². The maximum Gasteiger partial charge on any atom is 0.472 e. The molecule has 0 bridgehead atoms. The molecule has 1 fully saturated rings. The molecule has 1 atom stereocenters. The van der Waals surface area contributed by atoms with Crippen LogP contribution in [0.25, 0.3) is 11.1 Å². The van der Waals surface area contributed by atoms with Gasteiger partial charge in [-0.25, -0.2) is 4.79 Å². The third kappa shape index (κ3) is 7.03. The average Bonchev–Trinajstić information content (AvgIpc) is 2.94. The van der Waals surface area contributed by atoms with Crippen LogP contribution in [0.5, 0.6) is 0 Å². The van der Waals surface area contributed by atoms with Crippen molar-refractivity contribution in [1.82, 2.24) is 26.1 Å². The van der Waals surface area contributed by atoms with E-state index in [9.17, 15) is 27.6 Å².